The summed E-state index contributed by atoms with van der Waals surface area (Å²) in [7, 11) is 0. The number of rotatable bonds is 4. The number of aryl methyl sites for hydroxylation is 1. The fraction of sp³-hybridized carbons (Fsp3) is 0.400. The van der Waals surface area contributed by atoms with E-state index >= 15 is 0 Å². The van der Waals surface area contributed by atoms with E-state index in [0.29, 0.717) is 5.56 Å². The molecular weight excluding hydrogens is 218 g/mol. The highest BCUT2D eigenvalue weighted by Crippen LogP contribution is 2.37. The number of benzene rings is 1. The first kappa shape index (κ1) is 12.5. The summed E-state index contributed by atoms with van der Waals surface area (Å²) in [5.41, 5.74) is 4.49. The summed E-state index contributed by atoms with van der Waals surface area (Å²) in [6.07, 6.45) is -0.600. The van der Waals surface area contributed by atoms with Crippen molar-refractivity contribution in [2.24, 2.45) is 5.73 Å². The molecule has 4 nitrogen and oxygen atoms in total. The number of hydrogen-bond acceptors (Lipinski definition) is 3. The second kappa shape index (κ2) is 4.52. The average molecular weight is 230 g/mol. The molecule has 0 aliphatic heterocycles. The first-order valence-corrected chi connectivity index (χ1v) is 4.72. The Labute approximate surface area is 91.2 Å². The third-order valence-corrected chi connectivity index (χ3v) is 2.20. The van der Waals surface area contributed by atoms with Crippen molar-refractivity contribution in [3.63, 3.8) is 0 Å². The smallest absolute Gasteiger partial charge is 0.281 e. The maximum absolute atomic E-state index is 13.6. The highest BCUT2D eigenvalue weighted by molar-refractivity contribution is 5.45. The quantitative estimate of drug-likeness (QED) is 0.637. The lowest BCUT2D eigenvalue weighted by Crippen LogP contribution is -2.20. The lowest BCUT2D eigenvalue weighted by Gasteiger charge is -2.16. The number of nitro benzene ring substituents is 1. The second-order valence-electron chi connectivity index (χ2n) is 3.52. The van der Waals surface area contributed by atoms with Crippen LogP contribution in [0, 0.1) is 17.0 Å². The van der Waals surface area contributed by atoms with Gasteiger partial charge in [0, 0.05) is 12.5 Å². The van der Waals surface area contributed by atoms with Crippen LogP contribution in [0.1, 0.15) is 17.5 Å². The molecule has 0 bridgehead atoms. The van der Waals surface area contributed by atoms with Gasteiger partial charge < -0.3 is 5.73 Å². The molecule has 1 rings (SSSR count). The number of nitrogens with two attached hydrogens (primary N) is 1. The molecular formula is C10H12F2N2O2. The first-order chi connectivity index (χ1) is 7.38. The van der Waals surface area contributed by atoms with E-state index in [2.05, 4.69) is 0 Å². The summed E-state index contributed by atoms with van der Waals surface area (Å²) < 4.78 is 27.1. The van der Waals surface area contributed by atoms with Crippen LogP contribution >= 0.6 is 0 Å². The molecule has 0 unspecified atom stereocenters. The van der Waals surface area contributed by atoms with Crippen LogP contribution in [0.3, 0.4) is 0 Å². The van der Waals surface area contributed by atoms with Gasteiger partial charge in [0.05, 0.1) is 10.5 Å². The van der Waals surface area contributed by atoms with Crippen molar-refractivity contribution in [2.45, 2.75) is 19.3 Å². The predicted octanol–water partition coefficient (Wildman–Crippen LogP) is 2.34. The van der Waals surface area contributed by atoms with Crippen LogP contribution in [0.2, 0.25) is 0 Å². The molecule has 0 aliphatic rings. The Bertz CT molecular complexity index is 408. The van der Waals surface area contributed by atoms with Crippen molar-refractivity contribution >= 4 is 5.69 Å². The van der Waals surface area contributed by atoms with Gasteiger partial charge in [-0.05, 0) is 19.5 Å². The lowest BCUT2D eigenvalue weighted by atomic mass is 10.0. The van der Waals surface area contributed by atoms with Gasteiger partial charge >= 0.3 is 0 Å². The molecule has 0 aliphatic carbocycles. The van der Waals surface area contributed by atoms with E-state index in [4.69, 9.17) is 5.73 Å². The fourth-order valence-corrected chi connectivity index (χ4v) is 1.42. The molecule has 16 heavy (non-hydrogen) atoms. The van der Waals surface area contributed by atoms with Gasteiger partial charge in [-0.1, -0.05) is 11.6 Å². The van der Waals surface area contributed by atoms with Crippen LogP contribution in [0.25, 0.3) is 0 Å². The predicted molar refractivity (Wildman–Crippen MR) is 55.4 cm³/mol. The molecule has 1 aromatic carbocycles. The topological polar surface area (TPSA) is 69.2 Å². The van der Waals surface area contributed by atoms with E-state index in [1.54, 1.807) is 6.92 Å². The molecule has 0 heterocycles. The maximum atomic E-state index is 13.6. The minimum absolute atomic E-state index is 0.224. The van der Waals surface area contributed by atoms with Crippen LogP contribution in [-0.2, 0) is 5.92 Å². The van der Waals surface area contributed by atoms with E-state index in [-0.39, 0.29) is 6.54 Å². The van der Waals surface area contributed by atoms with Crippen molar-refractivity contribution in [1.82, 2.24) is 0 Å². The third-order valence-electron chi connectivity index (χ3n) is 2.20. The SMILES string of the molecule is Cc1ccc([N+](=O)[O-])c(C(F)(F)CCN)c1. The largest absolute Gasteiger partial charge is 0.330 e. The van der Waals surface area contributed by atoms with Gasteiger partial charge in [-0.2, -0.15) is 0 Å². The molecule has 0 radical (unpaired) electrons. The van der Waals surface area contributed by atoms with Crippen LogP contribution in [0.15, 0.2) is 18.2 Å². The molecule has 0 saturated carbocycles. The van der Waals surface area contributed by atoms with Gasteiger partial charge in [0.25, 0.3) is 11.6 Å². The van der Waals surface area contributed by atoms with Crippen LogP contribution in [-0.4, -0.2) is 11.5 Å². The van der Waals surface area contributed by atoms with Crippen molar-refractivity contribution in [3.05, 3.63) is 39.4 Å². The molecule has 0 saturated heterocycles. The van der Waals surface area contributed by atoms with E-state index in [1.165, 1.54) is 6.07 Å². The van der Waals surface area contributed by atoms with E-state index in [1.807, 2.05) is 0 Å². The molecule has 1 aromatic rings. The first-order valence-electron chi connectivity index (χ1n) is 4.72. The zero-order chi connectivity index (χ0) is 12.3. The Morgan fingerprint density at radius 3 is 2.62 bits per heavy atom. The van der Waals surface area contributed by atoms with Gasteiger partial charge in [0.15, 0.2) is 0 Å². The number of nitrogens with zero attached hydrogens (tertiary/aromatic N) is 1. The highest BCUT2D eigenvalue weighted by Gasteiger charge is 2.37. The Balaban J connectivity index is 3.29. The minimum Gasteiger partial charge on any atom is -0.330 e. The van der Waals surface area contributed by atoms with E-state index in [0.717, 1.165) is 12.1 Å². The summed E-state index contributed by atoms with van der Waals surface area (Å²) in [6, 6.07) is 3.66. The number of halogens is 2. The van der Waals surface area contributed by atoms with Crippen molar-refractivity contribution < 1.29 is 13.7 Å². The summed E-state index contributed by atoms with van der Waals surface area (Å²) >= 11 is 0. The molecule has 0 spiro atoms. The third kappa shape index (κ3) is 2.52. The molecule has 0 amide bonds. The van der Waals surface area contributed by atoms with Crippen LogP contribution < -0.4 is 5.73 Å². The fourth-order valence-electron chi connectivity index (χ4n) is 1.42. The Hall–Kier alpha value is -1.56. The molecule has 0 fully saturated rings. The molecule has 88 valence electrons. The standard InChI is InChI=1S/C10H12F2N2O2/c1-7-2-3-9(14(15)16)8(6-7)10(11,12)4-5-13/h2-3,6H,4-5,13H2,1H3. The summed E-state index contributed by atoms with van der Waals surface area (Å²) in [5, 5.41) is 10.6. The molecule has 0 aromatic heterocycles. The van der Waals surface area contributed by atoms with Gasteiger partial charge in [-0.25, -0.2) is 8.78 Å². The Morgan fingerprint density at radius 1 is 1.50 bits per heavy atom. The van der Waals surface area contributed by atoms with Crippen molar-refractivity contribution in [3.8, 4) is 0 Å². The zero-order valence-electron chi connectivity index (χ0n) is 8.74. The lowest BCUT2D eigenvalue weighted by molar-refractivity contribution is -0.387. The Kier molecular flexibility index (Phi) is 3.54. The minimum atomic E-state index is -3.26. The summed E-state index contributed by atoms with van der Waals surface area (Å²) in [4.78, 5) is 9.82. The van der Waals surface area contributed by atoms with Crippen molar-refractivity contribution in [1.29, 1.82) is 0 Å². The molecule has 0 atom stereocenters. The number of nitro groups is 1. The number of hydrogen-bond donors (Lipinski definition) is 1. The summed E-state index contributed by atoms with van der Waals surface area (Å²) in [6.45, 7) is 1.38. The van der Waals surface area contributed by atoms with Gasteiger partial charge in [-0.15, -0.1) is 0 Å². The van der Waals surface area contributed by atoms with Crippen LogP contribution in [0.4, 0.5) is 14.5 Å². The maximum Gasteiger partial charge on any atom is 0.281 e. The monoisotopic (exact) mass is 230 g/mol. The second-order valence-corrected chi connectivity index (χ2v) is 3.52. The van der Waals surface area contributed by atoms with E-state index < -0.39 is 28.5 Å². The zero-order valence-corrected chi connectivity index (χ0v) is 8.74. The van der Waals surface area contributed by atoms with Crippen molar-refractivity contribution in [2.75, 3.05) is 6.54 Å². The van der Waals surface area contributed by atoms with Gasteiger partial charge in [0.1, 0.15) is 0 Å². The normalized spacial score (nSPS) is 11.5. The number of alkyl halides is 2. The highest BCUT2D eigenvalue weighted by atomic mass is 19.3. The summed E-state index contributed by atoms with van der Waals surface area (Å²) in [5.74, 6) is -3.26. The van der Waals surface area contributed by atoms with Crippen LogP contribution in [0.5, 0.6) is 0 Å². The van der Waals surface area contributed by atoms with Gasteiger partial charge in [-0.3, -0.25) is 10.1 Å². The molecule has 6 heteroatoms. The Morgan fingerprint density at radius 2 is 2.12 bits per heavy atom. The van der Waals surface area contributed by atoms with E-state index in [9.17, 15) is 18.9 Å². The van der Waals surface area contributed by atoms with Gasteiger partial charge in [0.2, 0.25) is 0 Å². The molecule has 2 N–H and O–H groups in total. The average Bonchev–Trinajstić information content (AvgIpc) is 2.17.